The summed E-state index contributed by atoms with van der Waals surface area (Å²) in [7, 11) is 0. The average molecular weight is 374 g/mol. The molecule has 0 saturated carbocycles. The standard InChI is InChI=1S/C18H23N5S2/c1-4-8-22(9-5-1)10-11-24-18-21-17-15(16-19-12-20-23(16)18)13-6-2-3-7-14(13)25-17/h12H,1-11H2. The van der Waals surface area contributed by atoms with Crippen molar-refractivity contribution in [2.45, 2.75) is 50.1 Å². The van der Waals surface area contributed by atoms with Crippen LogP contribution in [-0.2, 0) is 12.8 Å². The van der Waals surface area contributed by atoms with Gasteiger partial charge in [-0.15, -0.1) is 11.3 Å². The van der Waals surface area contributed by atoms with Crippen LogP contribution in [0.1, 0.15) is 42.5 Å². The van der Waals surface area contributed by atoms with Gasteiger partial charge in [-0.25, -0.2) is 9.97 Å². The van der Waals surface area contributed by atoms with Gasteiger partial charge in [-0.1, -0.05) is 18.2 Å². The predicted molar refractivity (Wildman–Crippen MR) is 104 cm³/mol. The van der Waals surface area contributed by atoms with E-state index in [2.05, 4.69) is 15.0 Å². The summed E-state index contributed by atoms with van der Waals surface area (Å²) in [6, 6.07) is 0. The molecule has 0 bridgehead atoms. The number of hydrogen-bond acceptors (Lipinski definition) is 6. The molecule has 0 amide bonds. The molecule has 4 heterocycles. The molecule has 0 atom stereocenters. The van der Waals surface area contributed by atoms with Gasteiger partial charge in [0.1, 0.15) is 11.2 Å². The molecular formula is C18H23N5S2. The van der Waals surface area contributed by atoms with E-state index in [9.17, 15) is 0 Å². The molecule has 0 N–H and O–H groups in total. The summed E-state index contributed by atoms with van der Waals surface area (Å²) < 4.78 is 1.96. The first-order chi connectivity index (χ1) is 12.4. The lowest BCUT2D eigenvalue weighted by Gasteiger charge is -2.25. The number of aromatic nitrogens is 4. The number of fused-ring (bicyclic) bond motifs is 5. The summed E-state index contributed by atoms with van der Waals surface area (Å²) in [5.74, 6) is 1.07. The number of thiophene rings is 1. The molecule has 7 heteroatoms. The molecule has 1 fully saturated rings. The van der Waals surface area contributed by atoms with Crippen molar-refractivity contribution in [3.63, 3.8) is 0 Å². The van der Waals surface area contributed by atoms with Gasteiger partial charge < -0.3 is 4.90 Å². The summed E-state index contributed by atoms with van der Waals surface area (Å²) in [5, 5.41) is 6.73. The number of hydrogen-bond donors (Lipinski definition) is 0. The second-order valence-corrected chi connectivity index (χ2v) is 9.18. The van der Waals surface area contributed by atoms with E-state index >= 15 is 0 Å². The topological polar surface area (TPSA) is 46.3 Å². The Balaban J connectivity index is 1.44. The van der Waals surface area contributed by atoms with Crippen LogP contribution in [-0.4, -0.2) is 49.9 Å². The number of rotatable bonds is 4. The van der Waals surface area contributed by atoms with Crippen molar-refractivity contribution in [2.75, 3.05) is 25.4 Å². The van der Waals surface area contributed by atoms with Gasteiger partial charge in [-0.2, -0.15) is 9.61 Å². The van der Waals surface area contributed by atoms with Crippen LogP contribution in [0.5, 0.6) is 0 Å². The molecule has 0 radical (unpaired) electrons. The minimum atomic E-state index is 0.996. The third-order valence-electron chi connectivity index (χ3n) is 5.39. The predicted octanol–water partition coefficient (Wildman–Crippen LogP) is 3.80. The number of aryl methyl sites for hydroxylation is 2. The van der Waals surface area contributed by atoms with E-state index in [0.29, 0.717) is 0 Å². The highest BCUT2D eigenvalue weighted by molar-refractivity contribution is 7.99. The van der Waals surface area contributed by atoms with Crippen molar-refractivity contribution in [2.24, 2.45) is 0 Å². The maximum Gasteiger partial charge on any atom is 0.192 e. The highest BCUT2D eigenvalue weighted by atomic mass is 32.2. The highest BCUT2D eigenvalue weighted by Gasteiger charge is 2.22. The average Bonchev–Trinajstić information content (AvgIpc) is 3.26. The molecule has 5 nitrogen and oxygen atoms in total. The van der Waals surface area contributed by atoms with Crippen LogP contribution in [0.15, 0.2) is 11.5 Å². The maximum atomic E-state index is 4.99. The smallest absolute Gasteiger partial charge is 0.192 e. The largest absolute Gasteiger partial charge is 0.303 e. The Bertz CT molecular complexity index is 894. The van der Waals surface area contributed by atoms with Crippen LogP contribution >= 0.6 is 23.1 Å². The van der Waals surface area contributed by atoms with Crippen molar-refractivity contribution < 1.29 is 0 Å². The lowest BCUT2D eigenvalue weighted by Crippen LogP contribution is -2.31. The zero-order valence-corrected chi connectivity index (χ0v) is 16.0. The van der Waals surface area contributed by atoms with Gasteiger partial charge in [-0.05, 0) is 57.2 Å². The fourth-order valence-corrected chi connectivity index (χ4v) is 6.35. The molecule has 1 aliphatic heterocycles. The summed E-state index contributed by atoms with van der Waals surface area (Å²) in [6.45, 7) is 3.65. The number of piperidine rings is 1. The lowest BCUT2D eigenvalue weighted by atomic mass is 9.97. The third-order valence-corrected chi connectivity index (χ3v) is 7.48. The fourth-order valence-electron chi connectivity index (χ4n) is 4.09. The van der Waals surface area contributed by atoms with Crippen LogP contribution in [0, 0.1) is 0 Å². The Morgan fingerprint density at radius 3 is 2.88 bits per heavy atom. The first-order valence-electron chi connectivity index (χ1n) is 9.39. The Hall–Kier alpha value is -1.18. The van der Waals surface area contributed by atoms with Crippen LogP contribution in [0.2, 0.25) is 0 Å². The molecule has 5 rings (SSSR count). The van der Waals surface area contributed by atoms with Gasteiger partial charge in [0.2, 0.25) is 0 Å². The zero-order chi connectivity index (χ0) is 16.6. The van der Waals surface area contributed by atoms with Gasteiger partial charge in [0.15, 0.2) is 10.8 Å². The number of nitrogens with zero attached hydrogens (tertiary/aromatic N) is 5. The molecule has 2 aliphatic rings. The molecule has 1 saturated heterocycles. The van der Waals surface area contributed by atoms with E-state index in [1.165, 1.54) is 73.9 Å². The summed E-state index contributed by atoms with van der Waals surface area (Å²) in [6.07, 6.45) is 10.7. The van der Waals surface area contributed by atoms with E-state index in [1.54, 1.807) is 6.33 Å². The quantitative estimate of drug-likeness (QED) is 0.514. The first-order valence-corrected chi connectivity index (χ1v) is 11.2. The van der Waals surface area contributed by atoms with Crippen molar-refractivity contribution >= 4 is 39.0 Å². The van der Waals surface area contributed by atoms with Crippen molar-refractivity contribution in [3.05, 3.63) is 16.8 Å². The minimum Gasteiger partial charge on any atom is -0.303 e. The van der Waals surface area contributed by atoms with E-state index in [-0.39, 0.29) is 0 Å². The Labute approximate surface area is 155 Å². The second kappa shape index (κ2) is 6.85. The van der Waals surface area contributed by atoms with Crippen LogP contribution in [0.25, 0.3) is 15.9 Å². The monoisotopic (exact) mass is 373 g/mol. The normalized spacial score (nSPS) is 18.9. The van der Waals surface area contributed by atoms with Gasteiger partial charge in [-0.3, -0.25) is 0 Å². The first kappa shape index (κ1) is 16.0. The fraction of sp³-hybridized carbons (Fsp3) is 0.611. The molecule has 0 unspecified atom stereocenters. The second-order valence-electron chi connectivity index (χ2n) is 7.03. The molecule has 0 spiro atoms. The Morgan fingerprint density at radius 2 is 1.96 bits per heavy atom. The molecule has 0 aromatic carbocycles. The number of likely N-dealkylation sites (tertiary alicyclic amines) is 1. The van der Waals surface area contributed by atoms with Gasteiger partial charge in [0.25, 0.3) is 0 Å². The van der Waals surface area contributed by atoms with Crippen LogP contribution < -0.4 is 0 Å². The molecule has 1 aliphatic carbocycles. The van der Waals surface area contributed by atoms with Gasteiger partial charge >= 0.3 is 0 Å². The summed E-state index contributed by atoms with van der Waals surface area (Å²) >= 11 is 3.70. The zero-order valence-electron chi connectivity index (χ0n) is 14.4. The summed E-state index contributed by atoms with van der Waals surface area (Å²) in [4.78, 5) is 14.8. The van der Waals surface area contributed by atoms with Crippen molar-refractivity contribution in [1.82, 2.24) is 24.5 Å². The van der Waals surface area contributed by atoms with Crippen molar-refractivity contribution in [3.8, 4) is 0 Å². The third kappa shape index (κ3) is 2.96. The van der Waals surface area contributed by atoms with E-state index < -0.39 is 0 Å². The highest BCUT2D eigenvalue weighted by Crippen LogP contribution is 2.38. The van der Waals surface area contributed by atoms with Gasteiger partial charge in [0, 0.05) is 17.2 Å². The Kier molecular flexibility index (Phi) is 4.39. The molecule has 25 heavy (non-hydrogen) atoms. The van der Waals surface area contributed by atoms with Crippen molar-refractivity contribution in [1.29, 1.82) is 0 Å². The van der Waals surface area contributed by atoms with E-state index in [4.69, 9.17) is 4.98 Å². The lowest BCUT2D eigenvalue weighted by molar-refractivity contribution is 0.242. The van der Waals surface area contributed by atoms with E-state index in [0.717, 1.165) is 27.9 Å². The molecule has 3 aromatic heterocycles. The maximum absolute atomic E-state index is 4.99. The van der Waals surface area contributed by atoms with E-state index in [1.807, 2.05) is 27.6 Å². The summed E-state index contributed by atoms with van der Waals surface area (Å²) in [5.41, 5.74) is 2.49. The minimum absolute atomic E-state index is 0.996. The number of thioether (sulfide) groups is 1. The Morgan fingerprint density at radius 1 is 1.08 bits per heavy atom. The van der Waals surface area contributed by atoms with Crippen LogP contribution in [0.3, 0.4) is 0 Å². The SMILES string of the molecule is c1nc2c3c4c(sc3nc(SCCN3CCCCC3)n2n1)CCCC4. The van der Waals surface area contributed by atoms with Crippen LogP contribution in [0.4, 0.5) is 0 Å². The van der Waals surface area contributed by atoms with Gasteiger partial charge in [0.05, 0.1) is 5.39 Å². The molecule has 3 aromatic rings. The molecule has 132 valence electrons. The molecular weight excluding hydrogens is 350 g/mol.